The van der Waals surface area contributed by atoms with E-state index in [1.54, 1.807) is 11.0 Å². The number of aromatic nitrogens is 3. The molecule has 0 saturated carbocycles. The van der Waals surface area contributed by atoms with Crippen molar-refractivity contribution in [3.05, 3.63) is 36.9 Å². The molecule has 0 bridgehead atoms. The second kappa shape index (κ2) is 3.91. The molecular formula is C10H12N4. The van der Waals surface area contributed by atoms with Gasteiger partial charge in [-0.1, -0.05) is 12.1 Å². The van der Waals surface area contributed by atoms with Crippen LogP contribution in [0.25, 0.3) is 5.69 Å². The molecule has 0 fully saturated rings. The largest absolute Gasteiger partial charge is 0.384 e. The van der Waals surface area contributed by atoms with E-state index >= 15 is 0 Å². The smallest absolute Gasteiger partial charge is 0.138 e. The summed E-state index contributed by atoms with van der Waals surface area (Å²) in [4.78, 5) is 3.92. The molecule has 0 atom stereocenters. The number of anilines is 1. The van der Waals surface area contributed by atoms with Crippen LogP contribution in [-0.4, -0.2) is 21.3 Å². The fourth-order valence-corrected chi connectivity index (χ4v) is 1.35. The van der Waals surface area contributed by atoms with Gasteiger partial charge in [0.15, 0.2) is 0 Å². The van der Waals surface area contributed by atoms with Crippen LogP contribution in [-0.2, 0) is 0 Å². The van der Waals surface area contributed by atoms with Gasteiger partial charge in [0.25, 0.3) is 0 Å². The van der Waals surface area contributed by atoms with E-state index in [4.69, 9.17) is 0 Å². The van der Waals surface area contributed by atoms with Crippen molar-refractivity contribution < 1.29 is 0 Å². The van der Waals surface area contributed by atoms with Crippen molar-refractivity contribution in [1.82, 2.24) is 14.8 Å². The molecule has 1 N–H and O–H groups in total. The molecule has 2 rings (SSSR count). The lowest BCUT2D eigenvalue weighted by Gasteiger charge is -2.09. The van der Waals surface area contributed by atoms with Crippen molar-refractivity contribution in [1.29, 1.82) is 0 Å². The number of para-hydroxylation sites is 2. The topological polar surface area (TPSA) is 42.7 Å². The van der Waals surface area contributed by atoms with E-state index in [0.29, 0.717) is 0 Å². The number of hydrogen-bond acceptors (Lipinski definition) is 3. The van der Waals surface area contributed by atoms with Gasteiger partial charge in [-0.25, -0.2) is 9.67 Å². The number of rotatable bonds is 3. The molecule has 4 nitrogen and oxygen atoms in total. The maximum absolute atomic E-state index is 4.09. The van der Waals surface area contributed by atoms with Crippen LogP contribution in [0, 0.1) is 0 Å². The molecule has 0 amide bonds. The minimum absolute atomic E-state index is 0.895. The average molecular weight is 188 g/mol. The van der Waals surface area contributed by atoms with Gasteiger partial charge in [0, 0.05) is 6.54 Å². The first kappa shape index (κ1) is 8.74. The van der Waals surface area contributed by atoms with Crippen molar-refractivity contribution >= 4 is 5.69 Å². The molecule has 0 spiro atoms. The van der Waals surface area contributed by atoms with Crippen LogP contribution in [0.15, 0.2) is 36.9 Å². The van der Waals surface area contributed by atoms with Gasteiger partial charge in [-0.05, 0) is 19.1 Å². The Morgan fingerprint density at radius 1 is 1.36 bits per heavy atom. The molecule has 4 heteroatoms. The van der Waals surface area contributed by atoms with E-state index in [9.17, 15) is 0 Å². The maximum Gasteiger partial charge on any atom is 0.138 e. The fraction of sp³-hybridized carbons (Fsp3) is 0.200. The highest BCUT2D eigenvalue weighted by Gasteiger charge is 2.02. The maximum atomic E-state index is 4.09. The Balaban J connectivity index is 2.42. The summed E-state index contributed by atoms with van der Waals surface area (Å²) in [5.74, 6) is 0. The first-order chi connectivity index (χ1) is 6.92. The molecule has 0 saturated heterocycles. The second-order valence-corrected chi connectivity index (χ2v) is 2.89. The number of nitrogens with zero attached hydrogens (tertiary/aromatic N) is 3. The first-order valence-corrected chi connectivity index (χ1v) is 4.59. The molecule has 0 aliphatic rings. The van der Waals surface area contributed by atoms with Crippen LogP contribution in [0.4, 0.5) is 5.69 Å². The fourth-order valence-electron chi connectivity index (χ4n) is 1.35. The van der Waals surface area contributed by atoms with Crippen LogP contribution >= 0.6 is 0 Å². The Labute approximate surface area is 82.6 Å². The van der Waals surface area contributed by atoms with Gasteiger partial charge in [0.05, 0.1) is 11.4 Å². The number of benzene rings is 1. The molecule has 0 aliphatic carbocycles. The molecule has 0 radical (unpaired) electrons. The molecule has 72 valence electrons. The molecule has 2 aromatic rings. The lowest BCUT2D eigenvalue weighted by atomic mass is 10.2. The zero-order valence-electron chi connectivity index (χ0n) is 8.01. The Kier molecular flexibility index (Phi) is 2.44. The van der Waals surface area contributed by atoms with Gasteiger partial charge in [-0.2, -0.15) is 5.10 Å². The lowest BCUT2D eigenvalue weighted by molar-refractivity contribution is 0.878. The zero-order chi connectivity index (χ0) is 9.80. The summed E-state index contributed by atoms with van der Waals surface area (Å²) in [7, 11) is 0. The van der Waals surface area contributed by atoms with Crippen molar-refractivity contribution in [2.75, 3.05) is 11.9 Å². The van der Waals surface area contributed by atoms with E-state index in [1.165, 1.54) is 6.33 Å². The summed E-state index contributed by atoms with van der Waals surface area (Å²) >= 11 is 0. The lowest BCUT2D eigenvalue weighted by Crippen LogP contribution is -2.03. The highest BCUT2D eigenvalue weighted by molar-refractivity contribution is 5.60. The molecule has 1 heterocycles. The van der Waals surface area contributed by atoms with Gasteiger partial charge < -0.3 is 5.32 Å². The third-order valence-corrected chi connectivity index (χ3v) is 1.94. The summed E-state index contributed by atoms with van der Waals surface area (Å²) < 4.78 is 1.75. The third kappa shape index (κ3) is 1.59. The van der Waals surface area contributed by atoms with Crippen molar-refractivity contribution in [3.8, 4) is 5.69 Å². The Morgan fingerprint density at radius 3 is 2.93 bits per heavy atom. The Bertz CT molecular complexity index is 394. The van der Waals surface area contributed by atoms with Crippen molar-refractivity contribution in [3.63, 3.8) is 0 Å². The van der Waals surface area contributed by atoms with Gasteiger partial charge in [0.1, 0.15) is 12.7 Å². The predicted octanol–water partition coefficient (Wildman–Crippen LogP) is 1.70. The van der Waals surface area contributed by atoms with Crippen LogP contribution < -0.4 is 5.32 Å². The van der Waals surface area contributed by atoms with Crippen LogP contribution in [0.5, 0.6) is 0 Å². The summed E-state index contributed by atoms with van der Waals surface area (Å²) in [6, 6.07) is 8.02. The van der Waals surface area contributed by atoms with E-state index in [-0.39, 0.29) is 0 Å². The van der Waals surface area contributed by atoms with Crippen molar-refractivity contribution in [2.45, 2.75) is 6.92 Å². The van der Waals surface area contributed by atoms with Gasteiger partial charge >= 0.3 is 0 Å². The summed E-state index contributed by atoms with van der Waals surface area (Å²) in [6.45, 7) is 2.96. The minimum Gasteiger partial charge on any atom is -0.384 e. The van der Waals surface area contributed by atoms with Gasteiger partial charge in [-0.3, -0.25) is 0 Å². The third-order valence-electron chi connectivity index (χ3n) is 1.94. The summed E-state index contributed by atoms with van der Waals surface area (Å²) in [5.41, 5.74) is 2.09. The van der Waals surface area contributed by atoms with Gasteiger partial charge in [-0.15, -0.1) is 0 Å². The molecular weight excluding hydrogens is 176 g/mol. The van der Waals surface area contributed by atoms with Crippen LogP contribution in [0.2, 0.25) is 0 Å². The quantitative estimate of drug-likeness (QED) is 0.797. The standard InChI is InChI=1S/C10H12N4/c1-2-12-9-5-3-4-6-10(9)14-8-11-7-13-14/h3-8,12H,2H2,1H3. The highest BCUT2D eigenvalue weighted by Crippen LogP contribution is 2.17. The Hall–Kier alpha value is -1.84. The molecule has 0 aliphatic heterocycles. The normalized spacial score (nSPS) is 10.1. The van der Waals surface area contributed by atoms with E-state index in [1.807, 2.05) is 24.3 Å². The summed E-state index contributed by atoms with van der Waals surface area (Å²) in [5, 5.41) is 7.37. The molecule has 1 aromatic carbocycles. The Morgan fingerprint density at radius 2 is 2.21 bits per heavy atom. The molecule has 0 unspecified atom stereocenters. The minimum atomic E-state index is 0.895. The zero-order valence-corrected chi connectivity index (χ0v) is 8.01. The SMILES string of the molecule is CCNc1ccccc1-n1cncn1. The second-order valence-electron chi connectivity index (χ2n) is 2.89. The van der Waals surface area contributed by atoms with Crippen LogP contribution in [0.1, 0.15) is 6.92 Å². The van der Waals surface area contributed by atoms with Crippen molar-refractivity contribution in [2.24, 2.45) is 0 Å². The summed E-state index contributed by atoms with van der Waals surface area (Å²) in [6.07, 6.45) is 3.22. The molecule has 14 heavy (non-hydrogen) atoms. The van der Waals surface area contributed by atoms with Gasteiger partial charge in [0.2, 0.25) is 0 Å². The molecule has 1 aromatic heterocycles. The van der Waals surface area contributed by atoms with Crippen LogP contribution in [0.3, 0.4) is 0 Å². The number of hydrogen-bond donors (Lipinski definition) is 1. The highest BCUT2D eigenvalue weighted by atomic mass is 15.3. The predicted molar refractivity (Wildman–Crippen MR) is 55.5 cm³/mol. The van der Waals surface area contributed by atoms with E-state index in [0.717, 1.165) is 17.9 Å². The number of nitrogens with one attached hydrogen (secondary N) is 1. The monoisotopic (exact) mass is 188 g/mol. The van der Waals surface area contributed by atoms with E-state index < -0.39 is 0 Å². The average Bonchev–Trinajstić information content (AvgIpc) is 2.72. The first-order valence-electron chi connectivity index (χ1n) is 4.59. The van der Waals surface area contributed by atoms with E-state index in [2.05, 4.69) is 22.3 Å².